The van der Waals surface area contributed by atoms with Gasteiger partial charge in [-0.2, -0.15) is 0 Å². The van der Waals surface area contributed by atoms with Crippen LogP contribution in [0, 0.1) is 0 Å². The summed E-state index contributed by atoms with van der Waals surface area (Å²) in [6.07, 6.45) is 0.459. The monoisotopic (exact) mass is 346 g/mol. The number of ether oxygens (including phenoxy) is 1. The van der Waals surface area contributed by atoms with E-state index in [1.807, 2.05) is 24.3 Å². The molecule has 0 saturated carbocycles. The Balaban J connectivity index is 1.71. The van der Waals surface area contributed by atoms with Crippen LogP contribution in [0.25, 0.3) is 0 Å². The van der Waals surface area contributed by atoms with Crippen molar-refractivity contribution in [1.29, 1.82) is 0 Å². The number of hydrogen-bond acceptors (Lipinski definition) is 3. The second kappa shape index (κ2) is 8.93. The highest BCUT2D eigenvalue weighted by molar-refractivity contribution is 6.30. The van der Waals surface area contributed by atoms with Crippen LogP contribution in [-0.2, 0) is 16.0 Å². The van der Waals surface area contributed by atoms with Crippen molar-refractivity contribution < 1.29 is 14.3 Å². The summed E-state index contributed by atoms with van der Waals surface area (Å²) in [6.45, 7) is 0.468. The second-order valence-electron chi connectivity index (χ2n) is 5.18. The lowest BCUT2D eigenvalue weighted by Gasteiger charge is -2.07. The molecule has 5 nitrogen and oxygen atoms in total. The van der Waals surface area contributed by atoms with E-state index in [2.05, 4.69) is 10.6 Å². The van der Waals surface area contributed by atoms with Crippen LogP contribution in [0.3, 0.4) is 0 Å². The normalized spacial score (nSPS) is 10.1. The first-order chi connectivity index (χ1) is 11.6. The molecule has 0 bridgehead atoms. The van der Waals surface area contributed by atoms with Crippen LogP contribution in [-0.4, -0.2) is 25.5 Å². The zero-order chi connectivity index (χ0) is 17.4. The number of amides is 2. The van der Waals surface area contributed by atoms with Crippen molar-refractivity contribution in [2.45, 2.75) is 12.8 Å². The van der Waals surface area contributed by atoms with Gasteiger partial charge in [-0.15, -0.1) is 0 Å². The maximum Gasteiger partial charge on any atom is 0.233 e. The Morgan fingerprint density at radius 3 is 2.50 bits per heavy atom. The quantitative estimate of drug-likeness (QED) is 0.757. The van der Waals surface area contributed by atoms with Crippen molar-refractivity contribution in [3.8, 4) is 5.75 Å². The highest BCUT2D eigenvalue weighted by Crippen LogP contribution is 2.15. The molecule has 0 radical (unpaired) electrons. The van der Waals surface area contributed by atoms with E-state index in [-0.39, 0.29) is 18.2 Å². The Labute approximate surface area is 146 Å². The van der Waals surface area contributed by atoms with E-state index in [1.165, 1.54) is 0 Å². The molecule has 2 aromatic rings. The summed E-state index contributed by atoms with van der Waals surface area (Å²) in [7, 11) is 1.61. The minimum Gasteiger partial charge on any atom is -0.497 e. The minimum absolute atomic E-state index is 0.227. The number of benzene rings is 2. The fourth-order valence-electron chi connectivity index (χ4n) is 2.12. The van der Waals surface area contributed by atoms with E-state index in [4.69, 9.17) is 16.3 Å². The molecule has 2 aromatic carbocycles. The Hall–Kier alpha value is -2.53. The van der Waals surface area contributed by atoms with Crippen LogP contribution in [0.1, 0.15) is 12.0 Å². The Kier molecular flexibility index (Phi) is 6.63. The first kappa shape index (κ1) is 17.8. The topological polar surface area (TPSA) is 67.4 Å². The maximum absolute atomic E-state index is 11.8. The van der Waals surface area contributed by atoms with Gasteiger partial charge in [0.1, 0.15) is 12.2 Å². The number of halogens is 1. The van der Waals surface area contributed by atoms with E-state index in [1.54, 1.807) is 31.4 Å². The molecule has 0 fully saturated rings. The van der Waals surface area contributed by atoms with Gasteiger partial charge in [0.2, 0.25) is 11.8 Å². The van der Waals surface area contributed by atoms with Crippen LogP contribution >= 0.6 is 11.6 Å². The zero-order valence-corrected chi connectivity index (χ0v) is 14.1. The summed E-state index contributed by atoms with van der Waals surface area (Å²) in [5.74, 6) is 0.0997. The van der Waals surface area contributed by atoms with Crippen molar-refractivity contribution >= 4 is 29.1 Å². The number of nitrogens with one attached hydrogen (secondary N) is 2. The van der Waals surface area contributed by atoms with Gasteiger partial charge in [-0.3, -0.25) is 9.59 Å². The molecule has 0 aliphatic carbocycles. The molecule has 0 saturated heterocycles. The molecule has 2 N–H and O–H groups in total. The summed E-state index contributed by atoms with van der Waals surface area (Å²) >= 11 is 5.84. The highest BCUT2D eigenvalue weighted by Gasteiger charge is 2.09. The van der Waals surface area contributed by atoms with Gasteiger partial charge in [-0.1, -0.05) is 29.8 Å². The smallest absolute Gasteiger partial charge is 0.233 e. The van der Waals surface area contributed by atoms with E-state index in [9.17, 15) is 9.59 Å². The van der Waals surface area contributed by atoms with Crippen LogP contribution < -0.4 is 15.4 Å². The van der Waals surface area contributed by atoms with Crippen molar-refractivity contribution in [1.82, 2.24) is 5.32 Å². The SMILES string of the molecule is COc1ccc(CCNC(=O)CC(=O)Nc2cccc(Cl)c2)cc1. The van der Waals surface area contributed by atoms with E-state index >= 15 is 0 Å². The number of anilines is 1. The van der Waals surface area contributed by atoms with Crippen molar-refractivity contribution in [2.75, 3.05) is 19.0 Å². The van der Waals surface area contributed by atoms with E-state index < -0.39 is 0 Å². The molecule has 2 amide bonds. The number of carbonyl (C=O) groups excluding carboxylic acids is 2. The predicted octanol–water partition coefficient (Wildman–Crippen LogP) is 3.04. The molecule has 0 spiro atoms. The number of methoxy groups -OCH3 is 1. The van der Waals surface area contributed by atoms with Gasteiger partial charge in [0, 0.05) is 17.3 Å². The van der Waals surface area contributed by atoms with Gasteiger partial charge in [-0.25, -0.2) is 0 Å². The van der Waals surface area contributed by atoms with Gasteiger partial charge >= 0.3 is 0 Å². The molecule has 126 valence electrons. The largest absolute Gasteiger partial charge is 0.497 e. The summed E-state index contributed by atoms with van der Waals surface area (Å²) in [5.41, 5.74) is 1.65. The lowest BCUT2D eigenvalue weighted by Crippen LogP contribution is -2.29. The third kappa shape index (κ3) is 5.93. The zero-order valence-electron chi connectivity index (χ0n) is 13.3. The van der Waals surface area contributed by atoms with Crippen LogP contribution in [0.2, 0.25) is 5.02 Å². The number of hydrogen-bond donors (Lipinski definition) is 2. The van der Waals surface area contributed by atoms with E-state index in [0.29, 0.717) is 23.7 Å². The van der Waals surface area contributed by atoms with Gasteiger partial charge in [0.05, 0.1) is 7.11 Å². The molecule has 6 heteroatoms. The van der Waals surface area contributed by atoms with Crippen LogP contribution in [0.15, 0.2) is 48.5 Å². The third-order valence-electron chi connectivity index (χ3n) is 3.32. The average Bonchev–Trinajstić information content (AvgIpc) is 2.55. The maximum atomic E-state index is 11.8. The van der Waals surface area contributed by atoms with Gasteiger partial charge in [0.25, 0.3) is 0 Å². The standard InChI is InChI=1S/C18H19ClN2O3/c1-24-16-7-5-13(6-8-16)9-10-20-17(22)12-18(23)21-15-4-2-3-14(19)11-15/h2-8,11H,9-10,12H2,1H3,(H,20,22)(H,21,23). The fraction of sp³-hybridized carbons (Fsp3) is 0.222. The molecule has 0 aliphatic rings. The molecular formula is C18H19ClN2O3. The number of carbonyl (C=O) groups is 2. The Morgan fingerprint density at radius 1 is 1.08 bits per heavy atom. The first-order valence-electron chi connectivity index (χ1n) is 7.52. The highest BCUT2D eigenvalue weighted by atomic mass is 35.5. The molecule has 2 rings (SSSR count). The van der Waals surface area contributed by atoms with Crippen molar-refractivity contribution in [3.05, 3.63) is 59.1 Å². The predicted molar refractivity (Wildman–Crippen MR) is 94.4 cm³/mol. The van der Waals surface area contributed by atoms with Crippen LogP contribution in [0.4, 0.5) is 5.69 Å². The summed E-state index contributed by atoms with van der Waals surface area (Å²) in [5, 5.41) is 5.89. The van der Waals surface area contributed by atoms with Gasteiger partial charge in [-0.05, 0) is 42.3 Å². The Bertz CT molecular complexity index is 702. The second-order valence-corrected chi connectivity index (χ2v) is 5.62. The average molecular weight is 347 g/mol. The fourth-order valence-corrected chi connectivity index (χ4v) is 2.31. The Morgan fingerprint density at radius 2 is 1.83 bits per heavy atom. The lowest BCUT2D eigenvalue weighted by molar-refractivity contribution is -0.126. The summed E-state index contributed by atoms with van der Waals surface area (Å²) in [4.78, 5) is 23.6. The van der Waals surface area contributed by atoms with E-state index in [0.717, 1.165) is 11.3 Å². The lowest BCUT2D eigenvalue weighted by atomic mass is 10.1. The molecule has 0 aliphatic heterocycles. The minimum atomic E-state index is -0.376. The van der Waals surface area contributed by atoms with Crippen LogP contribution in [0.5, 0.6) is 5.75 Å². The molecule has 0 atom stereocenters. The van der Waals surface area contributed by atoms with Crippen molar-refractivity contribution in [2.24, 2.45) is 0 Å². The van der Waals surface area contributed by atoms with Gasteiger partial charge < -0.3 is 15.4 Å². The van der Waals surface area contributed by atoms with Crippen molar-refractivity contribution in [3.63, 3.8) is 0 Å². The molecule has 0 unspecified atom stereocenters. The molecule has 0 heterocycles. The molecule has 24 heavy (non-hydrogen) atoms. The number of rotatable bonds is 7. The summed E-state index contributed by atoms with van der Waals surface area (Å²) in [6, 6.07) is 14.4. The summed E-state index contributed by atoms with van der Waals surface area (Å²) < 4.78 is 5.09. The third-order valence-corrected chi connectivity index (χ3v) is 3.56. The van der Waals surface area contributed by atoms with Gasteiger partial charge in [0.15, 0.2) is 0 Å². The molecular weight excluding hydrogens is 328 g/mol. The first-order valence-corrected chi connectivity index (χ1v) is 7.89. The molecule has 0 aromatic heterocycles.